The van der Waals surface area contributed by atoms with Crippen LogP contribution in [0.15, 0.2) is 30.5 Å². The van der Waals surface area contributed by atoms with Gasteiger partial charge in [-0.05, 0) is 49.3 Å². The minimum atomic E-state index is 0.227. The number of rotatable bonds is 2. The lowest BCUT2D eigenvalue weighted by Gasteiger charge is -2.24. The van der Waals surface area contributed by atoms with Gasteiger partial charge < -0.3 is 9.30 Å². The largest absolute Gasteiger partial charge is 0.370 e. The third-order valence-corrected chi connectivity index (χ3v) is 5.22. The Kier molecular flexibility index (Phi) is 3.04. The predicted octanol–water partition coefficient (Wildman–Crippen LogP) is 4.79. The fourth-order valence-electron chi connectivity index (χ4n) is 3.95. The molecule has 2 nitrogen and oxygen atoms in total. The van der Waals surface area contributed by atoms with Gasteiger partial charge in [0.05, 0.1) is 11.7 Å². The summed E-state index contributed by atoms with van der Waals surface area (Å²) in [7, 11) is 0. The summed E-state index contributed by atoms with van der Waals surface area (Å²) in [6, 6.07) is 8.25. The zero-order valence-corrected chi connectivity index (χ0v) is 12.4. The van der Waals surface area contributed by atoms with Crippen LogP contribution in [0.25, 0.3) is 10.9 Å². The maximum absolute atomic E-state index is 6.41. The summed E-state index contributed by atoms with van der Waals surface area (Å²) in [5.74, 6) is 0. The van der Waals surface area contributed by atoms with E-state index in [-0.39, 0.29) is 5.60 Å². The van der Waals surface area contributed by atoms with E-state index in [9.17, 15) is 0 Å². The molecule has 1 atom stereocenters. The van der Waals surface area contributed by atoms with Crippen molar-refractivity contribution in [3.05, 3.63) is 35.5 Å². The maximum atomic E-state index is 6.41. The Morgan fingerprint density at radius 3 is 2.90 bits per heavy atom. The minimum Gasteiger partial charge on any atom is -0.370 e. The van der Waals surface area contributed by atoms with Crippen LogP contribution in [0, 0.1) is 0 Å². The number of fused-ring (bicyclic) bond motifs is 1. The van der Waals surface area contributed by atoms with E-state index < -0.39 is 0 Å². The highest BCUT2D eigenvalue weighted by molar-refractivity contribution is 6.31. The molecule has 1 aromatic heterocycles. The first-order valence-electron chi connectivity index (χ1n) is 7.66. The van der Waals surface area contributed by atoms with Gasteiger partial charge in [0.1, 0.15) is 0 Å². The van der Waals surface area contributed by atoms with Crippen LogP contribution in [-0.4, -0.2) is 16.3 Å². The summed E-state index contributed by atoms with van der Waals surface area (Å²) in [5.41, 5.74) is 1.44. The van der Waals surface area contributed by atoms with Crippen LogP contribution in [0.1, 0.15) is 38.5 Å². The highest BCUT2D eigenvalue weighted by atomic mass is 35.5. The number of nitrogens with zero attached hydrogens (tertiary/aromatic N) is 1. The molecule has 3 heteroatoms. The molecule has 1 saturated heterocycles. The predicted molar refractivity (Wildman–Crippen MR) is 82.3 cm³/mol. The molecule has 2 fully saturated rings. The highest BCUT2D eigenvalue weighted by Crippen LogP contribution is 2.43. The normalized spacial score (nSPS) is 24.9. The molecule has 106 valence electrons. The molecule has 20 heavy (non-hydrogen) atoms. The van der Waals surface area contributed by atoms with Crippen LogP contribution >= 0.6 is 11.6 Å². The summed E-state index contributed by atoms with van der Waals surface area (Å²) in [5, 5.41) is 2.06. The van der Waals surface area contributed by atoms with Gasteiger partial charge in [-0.3, -0.25) is 0 Å². The number of ether oxygens (including phenoxy) is 1. The zero-order valence-electron chi connectivity index (χ0n) is 11.6. The number of halogens is 1. The SMILES string of the molecule is Clc1ccc2ccn(CC3CCC4(CCCC4)O3)c2c1. The van der Waals surface area contributed by atoms with Gasteiger partial charge in [-0.15, -0.1) is 0 Å². The van der Waals surface area contributed by atoms with Crippen molar-refractivity contribution < 1.29 is 4.74 Å². The molecule has 0 N–H and O–H groups in total. The molecule has 2 aliphatic rings. The Morgan fingerprint density at radius 2 is 2.05 bits per heavy atom. The Morgan fingerprint density at radius 1 is 1.20 bits per heavy atom. The topological polar surface area (TPSA) is 14.2 Å². The smallest absolute Gasteiger partial charge is 0.0762 e. The summed E-state index contributed by atoms with van der Waals surface area (Å²) in [4.78, 5) is 0. The molecule has 0 radical (unpaired) electrons. The molecule has 1 aliphatic heterocycles. The van der Waals surface area contributed by atoms with E-state index in [4.69, 9.17) is 16.3 Å². The Labute approximate surface area is 124 Å². The first-order chi connectivity index (χ1) is 9.74. The average Bonchev–Trinajstić information content (AvgIpc) is 3.14. The van der Waals surface area contributed by atoms with Gasteiger partial charge in [0.2, 0.25) is 0 Å². The lowest BCUT2D eigenvalue weighted by atomic mass is 9.98. The van der Waals surface area contributed by atoms with E-state index in [2.05, 4.69) is 29.0 Å². The second-order valence-corrected chi connectivity index (χ2v) is 6.78. The fraction of sp³-hybridized carbons (Fsp3) is 0.529. The third-order valence-electron chi connectivity index (χ3n) is 4.99. The standard InChI is InChI=1S/C17H20ClNO/c18-14-4-3-13-6-10-19(16(13)11-14)12-15-5-9-17(20-15)7-1-2-8-17/h3-4,6,10-11,15H,1-2,5,7-9,12H2. The molecule has 1 aromatic carbocycles. The molecule has 1 aliphatic carbocycles. The van der Waals surface area contributed by atoms with Crippen LogP contribution in [0.4, 0.5) is 0 Å². The van der Waals surface area contributed by atoms with Crippen molar-refractivity contribution in [2.75, 3.05) is 0 Å². The van der Waals surface area contributed by atoms with Crippen LogP contribution in [-0.2, 0) is 11.3 Å². The Balaban J connectivity index is 1.55. The number of aromatic nitrogens is 1. The average molecular weight is 290 g/mol. The molecule has 2 heterocycles. The molecule has 1 unspecified atom stereocenters. The van der Waals surface area contributed by atoms with E-state index in [1.165, 1.54) is 49.4 Å². The quantitative estimate of drug-likeness (QED) is 0.775. The molecule has 2 aromatic rings. The first kappa shape index (κ1) is 12.7. The number of hydrogen-bond donors (Lipinski definition) is 0. The summed E-state index contributed by atoms with van der Waals surface area (Å²) in [6.07, 6.45) is 10.2. The van der Waals surface area contributed by atoms with Crippen molar-refractivity contribution in [1.29, 1.82) is 0 Å². The Bertz CT molecular complexity index is 627. The summed E-state index contributed by atoms with van der Waals surface area (Å²) < 4.78 is 8.70. The lowest BCUT2D eigenvalue weighted by molar-refractivity contribution is -0.0414. The monoisotopic (exact) mass is 289 g/mol. The molecule has 4 rings (SSSR count). The maximum Gasteiger partial charge on any atom is 0.0762 e. The second-order valence-electron chi connectivity index (χ2n) is 6.34. The highest BCUT2D eigenvalue weighted by Gasteiger charge is 2.42. The molecule has 1 saturated carbocycles. The van der Waals surface area contributed by atoms with E-state index in [0.29, 0.717) is 6.10 Å². The van der Waals surface area contributed by atoms with Crippen molar-refractivity contribution in [2.24, 2.45) is 0 Å². The van der Waals surface area contributed by atoms with Gasteiger partial charge in [0.25, 0.3) is 0 Å². The molecule has 0 bridgehead atoms. The van der Waals surface area contributed by atoms with Crippen molar-refractivity contribution >= 4 is 22.5 Å². The zero-order chi connectivity index (χ0) is 13.6. The molecular formula is C17H20ClNO. The van der Waals surface area contributed by atoms with Gasteiger partial charge in [0.15, 0.2) is 0 Å². The third kappa shape index (κ3) is 2.15. The van der Waals surface area contributed by atoms with Crippen molar-refractivity contribution in [1.82, 2.24) is 4.57 Å². The molecule has 0 amide bonds. The fourth-order valence-corrected chi connectivity index (χ4v) is 4.11. The van der Waals surface area contributed by atoms with Crippen molar-refractivity contribution in [3.63, 3.8) is 0 Å². The summed E-state index contributed by atoms with van der Waals surface area (Å²) in [6.45, 7) is 0.950. The minimum absolute atomic E-state index is 0.227. The van der Waals surface area contributed by atoms with Gasteiger partial charge in [-0.25, -0.2) is 0 Å². The molecule has 1 spiro atoms. The van der Waals surface area contributed by atoms with Gasteiger partial charge in [0, 0.05) is 23.3 Å². The van der Waals surface area contributed by atoms with Gasteiger partial charge in [-0.1, -0.05) is 30.5 Å². The first-order valence-corrected chi connectivity index (χ1v) is 8.04. The number of hydrogen-bond acceptors (Lipinski definition) is 1. The summed E-state index contributed by atoms with van der Waals surface area (Å²) >= 11 is 6.12. The van der Waals surface area contributed by atoms with E-state index in [0.717, 1.165) is 11.6 Å². The van der Waals surface area contributed by atoms with Gasteiger partial charge in [-0.2, -0.15) is 0 Å². The van der Waals surface area contributed by atoms with E-state index >= 15 is 0 Å². The Hall–Kier alpha value is -0.990. The van der Waals surface area contributed by atoms with Crippen LogP contribution in [0.3, 0.4) is 0 Å². The van der Waals surface area contributed by atoms with E-state index in [1.807, 2.05) is 6.07 Å². The van der Waals surface area contributed by atoms with Gasteiger partial charge >= 0.3 is 0 Å². The number of benzene rings is 1. The van der Waals surface area contributed by atoms with Crippen LogP contribution in [0.5, 0.6) is 0 Å². The van der Waals surface area contributed by atoms with Crippen molar-refractivity contribution in [3.8, 4) is 0 Å². The van der Waals surface area contributed by atoms with Crippen LogP contribution < -0.4 is 0 Å². The second kappa shape index (κ2) is 4.78. The van der Waals surface area contributed by atoms with Crippen LogP contribution in [0.2, 0.25) is 5.02 Å². The molecular weight excluding hydrogens is 270 g/mol. The lowest BCUT2D eigenvalue weighted by Crippen LogP contribution is -2.26. The van der Waals surface area contributed by atoms with E-state index in [1.54, 1.807) is 0 Å². The van der Waals surface area contributed by atoms with Crippen molar-refractivity contribution in [2.45, 2.75) is 56.8 Å².